The van der Waals surface area contributed by atoms with Crippen molar-refractivity contribution in [1.29, 1.82) is 0 Å². The Hall–Kier alpha value is -0.680. The highest BCUT2D eigenvalue weighted by molar-refractivity contribution is 9.10. The first kappa shape index (κ1) is 11.8. The molecule has 2 rings (SSSR count). The molecule has 5 heteroatoms. The average molecular weight is 303 g/mol. The second-order valence-electron chi connectivity index (χ2n) is 3.95. The lowest BCUT2D eigenvalue weighted by molar-refractivity contribution is 0.101. The molecule has 0 unspecified atom stereocenters. The van der Waals surface area contributed by atoms with Crippen LogP contribution in [0.1, 0.15) is 30.1 Å². The summed E-state index contributed by atoms with van der Waals surface area (Å²) in [6, 6.07) is 4.63. The van der Waals surface area contributed by atoms with Gasteiger partial charge in [-0.3, -0.25) is 4.79 Å². The molecule has 0 radical (unpaired) electrons. The molecule has 1 saturated carbocycles. The Morgan fingerprint density at radius 1 is 1.38 bits per heavy atom. The molecule has 0 aromatic heterocycles. The second kappa shape index (κ2) is 3.96. The van der Waals surface area contributed by atoms with Gasteiger partial charge in [-0.1, -0.05) is 6.07 Å². The van der Waals surface area contributed by atoms with Crippen molar-refractivity contribution in [2.75, 3.05) is 0 Å². The van der Waals surface area contributed by atoms with Gasteiger partial charge in [-0.25, -0.2) is 8.42 Å². The van der Waals surface area contributed by atoms with Gasteiger partial charge in [-0.05, 0) is 47.8 Å². The molecular formula is C11H11BrO3S. The molecule has 3 nitrogen and oxygen atoms in total. The molecule has 0 saturated heterocycles. The van der Waals surface area contributed by atoms with Gasteiger partial charge in [0.05, 0.1) is 10.1 Å². The monoisotopic (exact) mass is 302 g/mol. The van der Waals surface area contributed by atoms with Gasteiger partial charge in [0, 0.05) is 10.0 Å². The normalized spacial score (nSPS) is 16.1. The summed E-state index contributed by atoms with van der Waals surface area (Å²) in [5.41, 5.74) is 0.515. The third kappa shape index (κ3) is 2.06. The van der Waals surface area contributed by atoms with Crippen LogP contribution in [0, 0.1) is 0 Å². The summed E-state index contributed by atoms with van der Waals surface area (Å²) >= 11 is 3.22. The second-order valence-corrected chi connectivity index (χ2v) is 7.00. The maximum atomic E-state index is 12.0. The van der Waals surface area contributed by atoms with E-state index in [2.05, 4.69) is 15.9 Å². The highest BCUT2D eigenvalue weighted by Gasteiger charge is 2.37. The van der Waals surface area contributed by atoms with E-state index < -0.39 is 9.84 Å². The van der Waals surface area contributed by atoms with Gasteiger partial charge < -0.3 is 0 Å². The number of halogens is 1. The maximum absolute atomic E-state index is 12.0. The van der Waals surface area contributed by atoms with Gasteiger partial charge in [-0.15, -0.1) is 0 Å². The maximum Gasteiger partial charge on any atom is 0.182 e. The molecule has 0 aliphatic heterocycles. The Morgan fingerprint density at radius 2 is 2.00 bits per heavy atom. The van der Waals surface area contributed by atoms with E-state index in [1.165, 1.54) is 13.0 Å². The Bertz CT molecular complexity index is 544. The standard InChI is InChI=1S/C11H11BrO3S/c1-7(13)8-2-5-11(10(12)6-8)16(14,15)9-3-4-9/h2,5-6,9H,3-4H2,1H3. The molecule has 86 valence electrons. The first-order valence-corrected chi connectivity index (χ1v) is 7.31. The number of carbonyl (C=O) groups excluding carboxylic acids is 1. The number of sulfone groups is 1. The minimum absolute atomic E-state index is 0.0731. The van der Waals surface area contributed by atoms with E-state index in [4.69, 9.17) is 0 Å². The van der Waals surface area contributed by atoms with Crippen molar-refractivity contribution in [2.45, 2.75) is 29.9 Å². The van der Waals surface area contributed by atoms with E-state index in [9.17, 15) is 13.2 Å². The summed E-state index contributed by atoms with van der Waals surface area (Å²) in [6.45, 7) is 1.46. The number of rotatable bonds is 3. The van der Waals surface area contributed by atoms with Gasteiger partial charge in [-0.2, -0.15) is 0 Å². The zero-order valence-corrected chi connectivity index (χ0v) is 11.1. The third-order valence-electron chi connectivity index (χ3n) is 2.61. The first-order valence-electron chi connectivity index (χ1n) is 4.97. The molecule has 0 bridgehead atoms. The van der Waals surface area contributed by atoms with Gasteiger partial charge in [0.2, 0.25) is 0 Å². The summed E-state index contributed by atoms with van der Waals surface area (Å²) in [7, 11) is -3.20. The van der Waals surface area contributed by atoms with Crippen molar-refractivity contribution in [1.82, 2.24) is 0 Å². The molecule has 1 aromatic carbocycles. The van der Waals surface area contributed by atoms with E-state index in [-0.39, 0.29) is 11.0 Å². The Labute approximate surface area is 103 Å². The number of ketones is 1. The van der Waals surface area contributed by atoms with Crippen LogP contribution in [0.15, 0.2) is 27.6 Å². The van der Waals surface area contributed by atoms with Crippen LogP contribution in [0.2, 0.25) is 0 Å². The SMILES string of the molecule is CC(=O)c1ccc(S(=O)(=O)C2CC2)c(Br)c1. The molecule has 1 aliphatic carbocycles. The highest BCUT2D eigenvalue weighted by Crippen LogP contribution is 2.36. The average Bonchev–Trinajstić information content (AvgIpc) is 2.99. The quantitative estimate of drug-likeness (QED) is 0.807. The van der Waals surface area contributed by atoms with Crippen LogP contribution in [0.4, 0.5) is 0 Å². The zero-order valence-electron chi connectivity index (χ0n) is 8.73. The van der Waals surface area contributed by atoms with Crippen molar-refractivity contribution in [3.63, 3.8) is 0 Å². The molecular weight excluding hydrogens is 292 g/mol. The van der Waals surface area contributed by atoms with E-state index in [1.54, 1.807) is 12.1 Å². The molecule has 1 aliphatic rings. The van der Waals surface area contributed by atoms with Crippen LogP contribution in [0.3, 0.4) is 0 Å². The summed E-state index contributed by atoms with van der Waals surface area (Å²) in [5.74, 6) is -0.0731. The minimum Gasteiger partial charge on any atom is -0.295 e. The fourth-order valence-corrected chi connectivity index (χ4v) is 4.27. The lowest BCUT2D eigenvalue weighted by atomic mass is 10.2. The minimum atomic E-state index is -3.20. The molecule has 1 aromatic rings. The zero-order chi connectivity index (χ0) is 11.9. The number of Topliss-reactive ketones (excluding diaryl/α,β-unsaturated/α-hetero) is 1. The summed E-state index contributed by atoms with van der Waals surface area (Å²) in [4.78, 5) is 11.4. The van der Waals surface area contributed by atoms with Crippen molar-refractivity contribution in [3.8, 4) is 0 Å². The van der Waals surface area contributed by atoms with Crippen LogP contribution in [0.25, 0.3) is 0 Å². The molecule has 0 heterocycles. The largest absolute Gasteiger partial charge is 0.295 e. The predicted molar refractivity (Wildman–Crippen MR) is 64.4 cm³/mol. The topological polar surface area (TPSA) is 51.2 Å². The predicted octanol–water partition coefficient (Wildman–Crippen LogP) is 2.59. The Balaban J connectivity index is 2.47. The number of hydrogen-bond acceptors (Lipinski definition) is 3. The van der Waals surface area contributed by atoms with Gasteiger partial charge in [0.15, 0.2) is 15.6 Å². The number of carbonyl (C=O) groups is 1. The number of benzene rings is 1. The number of hydrogen-bond donors (Lipinski definition) is 0. The highest BCUT2D eigenvalue weighted by atomic mass is 79.9. The van der Waals surface area contributed by atoms with E-state index in [1.807, 2.05) is 0 Å². The fraction of sp³-hybridized carbons (Fsp3) is 0.364. The van der Waals surface area contributed by atoms with Crippen molar-refractivity contribution in [2.24, 2.45) is 0 Å². The summed E-state index contributed by atoms with van der Waals surface area (Å²) in [6.07, 6.45) is 1.48. The third-order valence-corrected chi connectivity index (χ3v) is 5.84. The van der Waals surface area contributed by atoms with Crippen molar-refractivity contribution in [3.05, 3.63) is 28.2 Å². The van der Waals surface area contributed by atoms with Crippen LogP contribution >= 0.6 is 15.9 Å². The molecule has 16 heavy (non-hydrogen) atoms. The molecule has 0 N–H and O–H groups in total. The van der Waals surface area contributed by atoms with Crippen LogP contribution in [-0.2, 0) is 9.84 Å². The van der Waals surface area contributed by atoms with E-state index in [0.717, 1.165) is 12.8 Å². The fourth-order valence-electron chi connectivity index (χ4n) is 1.51. The molecule has 1 fully saturated rings. The van der Waals surface area contributed by atoms with Gasteiger partial charge in [0.1, 0.15) is 0 Å². The lowest BCUT2D eigenvalue weighted by Crippen LogP contribution is -2.08. The van der Waals surface area contributed by atoms with Crippen LogP contribution in [-0.4, -0.2) is 19.5 Å². The molecule has 0 atom stereocenters. The Morgan fingerprint density at radius 3 is 2.44 bits per heavy atom. The van der Waals surface area contributed by atoms with Gasteiger partial charge >= 0.3 is 0 Å². The smallest absolute Gasteiger partial charge is 0.182 e. The summed E-state index contributed by atoms with van der Waals surface area (Å²) < 4.78 is 24.4. The first-order chi connectivity index (χ1) is 7.43. The lowest BCUT2D eigenvalue weighted by Gasteiger charge is -2.06. The van der Waals surface area contributed by atoms with Crippen LogP contribution < -0.4 is 0 Å². The van der Waals surface area contributed by atoms with Crippen molar-refractivity contribution >= 4 is 31.6 Å². The molecule has 0 amide bonds. The van der Waals surface area contributed by atoms with Gasteiger partial charge in [0.25, 0.3) is 0 Å². The van der Waals surface area contributed by atoms with E-state index in [0.29, 0.717) is 14.9 Å². The summed E-state index contributed by atoms with van der Waals surface area (Å²) in [5, 5.41) is -0.230. The van der Waals surface area contributed by atoms with E-state index >= 15 is 0 Å². The Kier molecular flexibility index (Phi) is 2.92. The molecule has 0 spiro atoms. The van der Waals surface area contributed by atoms with Crippen LogP contribution in [0.5, 0.6) is 0 Å². The van der Waals surface area contributed by atoms with Crippen molar-refractivity contribution < 1.29 is 13.2 Å².